The number of nitrogen functional groups attached to an aromatic ring is 1. The molecular weight excluding hydrogens is 304 g/mol. The number of nitrogens with zero attached hydrogens (tertiary/aromatic N) is 1. The van der Waals surface area contributed by atoms with Crippen LogP contribution in [-0.2, 0) is 0 Å². The van der Waals surface area contributed by atoms with Crippen molar-refractivity contribution < 1.29 is 9.53 Å². The molecule has 126 valence electrons. The van der Waals surface area contributed by atoms with Crippen LogP contribution in [0.25, 0.3) is 0 Å². The number of hydrogen-bond acceptors (Lipinski definition) is 5. The molecule has 1 fully saturated rings. The summed E-state index contributed by atoms with van der Waals surface area (Å²) in [6, 6.07) is 9.60. The minimum atomic E-state index is -0.199. The Morgan fingerprint density at radius 2 is 2.04 bits per heavy atom. The fourth-order valence-electron chi connectivity index (χ4n) is 2.40. The van der Waals surface area contributed by atoms with Crippen LogP contribution in [-0.4, -0.2) is 24.0 Å². The predicted molar refractivity (Wildman–Crippen MR) is 94.2 cm³/mol. The molecule has 1 aromatic heterocycles. The van der Waals surface area contributed by atoms with Gasteiger partial charge in [0.15, 0.2) is 0 Å². The molecule has 1 aliphatic rings. The van der Waals surface area contributed by atoms with E-state index in [1.165, 1.54) is 0 Å². The van der Waals surface area contributed by atoms with Crippen molar-refractivity contribution in [3.8, 4) is 5.75 Å². The Hall–Kier alpha value is -2.76. The lowest BCUT2D eigenvalue weighted by atomic mass is 10.1. The Labute approximate surface area is 141 Å². The second-order valence-electron chi connectivity index (χ2n) is 6.05. The molecular formula is C18H22N4O2. The summed E-state index contributed by atoms with van der Waals surface area (Å²) in [6.07, 6.45) is 3.84. The molecule has 1 aliphatic carbocycles. The summed E-state index contributed by atoms with van der Waals surface area (Å²) in [4.78, 5) is 16.7. The lowest BCUT2D eigenvalue weighted by Gasteiger charge is -2.15. The highest BCUT2D eigenvalue weighted by molar-refractivity contribution is 5.95. The van der Waals surface area contributed by atoms with Crippen molar-refractivity contribution in [3.05, 3.63) is 47.7 Å². The Morgan fingerprint density at radius 1 is 1.33 bits per heavy atom. The van der Waals surface area contributed by atoms with Crippen molar-refractivity contribution >= 4 is 17.4 Å². The van der Waals surface area contributed by atoms with Gasteiger partial charge in [-0.2, -0.15) is 0 Å². The number of aromatic nitrogens is 1. The molecule has 0 spiro atoms. The average Bonchev–Trinajstić information content (AvgIpc) is 3.40. The Bertz CT molecular complexity index is 726. The zero-order valence-electron chi connectivity index (χ0n) is 13.9. The molecule has 1 saturated carbocycles. The van der Waals surface area contributed by atoms with Crippen LogP contribution in [0, 0.1) is 0 Å². The largest absolute Gasteiger partial charge is 0.497 e. The zero-order chi connectivity index (χ0) is 17.1. The van der Waals surface area contributed by atoms with Crippen molar-refractivity contribution in [1.82, 2.24) is 10.3 Å². The summed E-state index contributed by atoms with van der Waals surface area (Å²) in [5.74, 6) is 1.24. The van der Waals surface area contributed by atoms with Gasteiger partial charge in [-0.25, -0.2) is 4.98 Å². The van der Waals surface area contributed by atoms with Gasteiger partial charge < -0.3 is 21.1 Å². The van der Waals surface area contributed by atoms with Gasteiger partial charge in [0, 0.05) is 12.2 Å². The number of hydrogen-bond donors (Lipinski definition) is 3. The molecule has 0 bridgehead atoms. The first-order valence-electron chi connectivity index (χ1n) is 8.03. The summed E-state index contributed by atoms with van der Waals surface area (Å²) >= 11 is 0. The number of carbonyl (C=O) groups is 1. The maximum atomic E-state index is 12.4. The second-order valence-corrected chi connectivity index (χ2v) is 6.05. The molecule has 0 saturated heterocycles. The lowest BCUT2D eigenvalue weighted by Crippen LogP contribution is -2.27. The highest BCUT2D eigenvalue weighted by Gasteiger charge is 2.22. The van der Waals surface area contributed by atoms with E-state index in [1.54, 1.807) is 19.4 Å². The molecule has 6 nitrogen and oxygen atoms in total. The standard InChI is InChI=1S/C18H22N4O2/c1-11(12-3-7-15(24-2)8-4-12)21-18(23)13-9-16(19)17(20-10-13)22-14-5-6-14/h3-4,7-11,14H,5-6,19H2,1-2H3,(H,20,22)(H,21,23). The molecule has 6 heteroatoms. The average molecular weight is 326 g/mol. The van der Waals surface area contributed by atoms with E-state index in [1.807, 2.05) is 31.2 Å². The van der Waals surface area contributed by atoms with Gasteiger partial charge >= 0.3 is 0 Å². The van der Waals surface area contributed by atoms with Crippen molar-refractivity contribution in [2.45, 2.75) is 31.8 Å². The maximum absolute atomic E-state index is 12.4. The van der Waals surface area contributed by atoms with E-state index in [0.717, 1.165) is 24.2 Å². The van der Waals surface area contributed by atoms with Gasteiger partial charge in [0.2, 0.25) is 0 Å². The van der Waals surface area contributed by atoms with Gasteiger partial charge in [-0.3, -0.25) is 4.79 Å². The minimum Gasteiger partial charge on any atom is -0.497 e. The maximum Gasteiger partial charge on any atom is 0.253 e. The van der Waals surface area contributed by atoms with Crippen LogP contribution >= 0.6 is 0 Å². The molecule has 1 heterocycles. The number of ether oxygens (including phenoxy) is 1. The first kappa shape index (κ1) is 16.1. The molecule has 2 aromatic rings. The number of nitrogens with two attached hydrogens (primary N) is 1. The molecule has 24 heavy (non-hydrogen) atoms. The van der Waals surface area contributed by atoms with Crippen LogP contribution in [0.2, 0.25) is 0 Å². The monoisotopic (exact) mass is 326 g/mol. The van der Waals surface area contributed by atoms with Gasteiger partial charge in [0.05, 0.1) is 24.4 Å². The molecule has 0 aliphatic heterocycles. The lowest BCUT2D eigenvalue weighted by molar-refractivity contribution is 0.0939. The second kappa shape index (κ2) is 6.78. The SMILES string of the molecule is COc1ccc(C(C)NC(=O)c2cnc(NC3CC3)c(N)c2)cc1. The van der Waals surface area contributed by atoms with Crippen LogP contribution < -0.4 is 21.1 Å². The summed E-state index contributed by atoms with van der Waals surface area (Å²) in [5, 5.41) is 6.20. The first-order chi connectivity index (χ1) is 11.6. The Morgan fingerprint density at radius 3 is 2.62 bits per heavy atom. The molecule has 0 radical (unpaired) electrons. The van der Waals surface area contributed by atoms with E-state index >= 15 is 0 Å². The third kappa shape index (κ3) is 3.76. The third-order valence-corrected chi connectivity index (χ3v) is 4.06. The topological polar surface area (TPSA) is 89.3 Å². The summed E-state index contributed by atoms with van der Waals surface area (Å²) in [5.41, 5.74) is 7.93. The van der Waals surface area contributed by atoms with Gasteiger partial charge in [0.25, 0.3) is 5.91 Å². The minimum absolute atomic E-state index is 0.131. The molecule has 1 atom stereocenters. The van der Waals surface area contributed by atoms with Crippen molar-refractivity contribution in [3.63, 3.8) is 0 Å². The number of methoxy groups -OCH3 is 1. The smallest absolute Gasteiger partial charge is 0.253 e. The quantitative estimate of drug-likeness (QED) is 0.759. The first-order valence-corrected chi connectivity index (χ1v) is 8.03. The van der Waals surface area contributed by atoms with Crippen LogP contribution in [0.5, 0.6) is 5.75 Å². The summed E-state index contributed by atoms with van der Waals surface area (Å²) in [6.45, 7) is 1.93. The fraction of sp³-hybridized carbons (Fsp3) is 0.333. The molecule has 3 rings (SSSR count). The number of amides is 1. The van der Waals surface area contributed by atoms with Crippen molar-refractivity contribution in [1.29, 1.82) is 0 Å². The molecule has 1 amide bonds. The molecule has 4 N–H and O–H groups in total. The Kier molecular flexibility index (Phi) is 4.55. The molecule has 1 unspecified atom stereocenters. The Balaban J connectivity index is 1.65. The number of nitrogens with one attached hydrogen (secondary N) is 2. The number of carbonyl (C=O) groups excluding carboxylic acids is 1. The van der Waals surface area contributed by atoms with Crippen LogP contribution in [0.3, 0.4) is 0 Å². The van der Waals surface area contributed by atoms with Gasteiger partial charge in [-0.05, 0) is 43.5 Å². The van der Waals surface area contributed by atoms with Crippen LogP contribution in [0.15, 0.2) is 36.5 Å². The molecule has 1 aromatic carbocycles. The number of anilines is 2. The normalized spacial score (nSPS) is 14.8. The number of pyridine rings is 1. The van der Waals surface area contributed by atoms with E-state index < -0.39 is 0 Å². The van der Waals surface area contributed by atoms with Crippen LogP contribution in [0.4, 0.5) is 11.5 Å². The van der Waals surface area contributed by atoms with E-state index in [2.05, 4.69) is 15.6 Å². The van der Waals surface area contributed by atoms with Crippen molar-refractivity contribution in [2.75, 3.05) is 18.2 Å². The van der Waals surface area contributed by atoms with E-state index in [-0.39, 0.29) is 11.9 Å². The van der Waals surface area contributed by atoms with Gasteiger partial charge in [0.1, 0.15) is 11.6 Å². The highest BCUT2D eigenvalue weighted by atomic mass is 16.5. The number of benzene rings is 1. The van der Waals surface area contributed by atoms with E-state index in [9.17, 15) is 4.79 Å². The summed E-state index contributed by atoms with van der Waals surface area (Å²) in [7, 11) is 1.62. The van der Waals surface area contributed by atoms with Crippen molar-refractivity contribution in [2.24, 2.45) is 0 Å². The number of rotatable bonds is 6. The fourth-order valence-corrected chi connectivity index (χ4v) is 2.40. The third-order valence-electron chi connectivity index (χ3n) is 4.06. The van der Waals surface area contributed by atoms with Gasteiger partial charge in [-0.15, -0.1) is 0 Å². The van der Waals surface area contributed by atoms with Crippen LogP contribution in [0.1, 0.15) is 41.7 Å². The van der Waals surface area contributed by atoms with Gasteiger partial charge in [-0.1, -0.05) is 12.1 Å². The predicted octanol–water partition coefficient (Wildman–Crippen LogP) is 2.74. The van der Waals surface area contributed by atoms with E-state index in [0.29, 0.717) is 23.1 Å². The van der Waals surface area contributed by atoms with E-state index in [4.69, 9.17) is 10.5 Å². The zero-order valence-corrected chi connectivity index (χ0v) is 13.9. The summed E-state index contributed by atoms with van der Waals surface area (Å²) < 4.78 is 5.14. The highest BCUT2D eigenvalue weighted by Crippen LogP contribution is 2.27.